The average molecular weight is 322 g/mol. The molecule has 0 aliphatic carbocycles. The number of unbranched alkanes of at least 4 members (excludes halogenated alkanes) is 9. The second kappa shape index (κ2) is 12.5. The third-order valence-corrected chi connectivity index (χ3v) is 4.81. The lowest BCUT2D eigenvalue weighted by molar-refractivity contribution is 0.418. The summed E-state index contributed by atoms with van der Waals surface area (Å²) in [5, 5.41) is 0. The molecule has 134 valence electrons. The Morgan fingerprint density at radius 2 is 1.30 bits per heavy atom. The minimum absolute atomic E-state index is 0. The molecular formula is C21H39NO. The zero-order chi connectivity index (χ0) is 16.3. The molecule has 0 fully saturated rings. The van der Waals surface area contributed by atoms with Crippen LogP contribution >= 0.6 is 0 Å². The summed E-state index contributed by atoms with van der Waals surface area (Å²) in [5.41, 5.74) is 9.00. The number of nitrogens with two attached hydrogens (primary N) is 1. The van der Waals surface area contributed by atoms with Gasteiger partial charge >= 0.3 is 0 Å². The van der Waals surface area contributed by atoms with Gasteiger partial charge in [0.25, 0.3) is 0 Å². The summed E-state index contributed by atoms with van der Waals surface area (Å²) >= 11 is 0. The highest BCUT2D eigenvalue weighted by Gasteiger charge is 2.21. The van der Waals surface area contributed by atoms with Crippen LogP contribution in [0, 0.1) is 6.92 Å². The maximum Gasteiger partial charge on any atom is 0.0383 e. The van der Waals surface area contributed by atoms with Gasteiger partial charge in [0.15, 0.2) is 0 Å². The van der Waals surface area contributed by atoms with Crippen LogP contribution < -0.4 is 5.73 Å². The van der Waals surface area contributed by atoms with Crippen LogP contribution in [0.4, 0.5) is 0 Å². The molecule has 4 N–H and O–H groups in total. The lowest BCUT2D eigenvalue weighted by atomic mass is 9.85. The Kier molecular flexibility index (Phi) is 12.1. The summed E-state index contributed by atoms with van der Waals surface area (Å²) in [6.45, 7) is 6.63. The maximum absolute atomic E-state index is 6.55. The minimum Gasteiger partial charge on any atom is -0.412 e. The Morgan fingerprint density at radius 3 is 1.83 bits per heavy atom. The molecule has 0 aliphatic rings. The molecule has 0 bridgehead atoms. The summed E-state index contributed by atoms with van der Waals surface area (Å²) in [5.74, 6) is 0. The Bertz CT molecular complexity index is 401. The fourth-order valence-corrected chi connectivity index (χ4v) is 3.33. The van der Waals surface area contributed by atoms with Crippen LogP contribution in [0.15, 0.2) is 24.3 Å². The normalized spacial score (nSPS) is 13.4. The smallest absolute Gasteiger partial charge is 0.0383 e. The standard InChI is InChI=1S/C21H37N.H2O/c1-4-5-6-7-8-9-10-11-12-15-18-21(3,22)20-17-14-13-16-19(20)2;/h13-14,16-17H,4-12,15,18,22H2,1-3H3;1H2. The van der Waals surface area contributed by atoms with Crippen molar-refractivity contribution in [3.05, 3.63) is 35.4 Å². The highest BCUT2D eigenvalue weighted by Crippen LogP contribution is 2.27. The molecule has 0 aliphatic heterocycles. The molecule has 0 saturated carbocycles. The number of hydrogen-bond donors (Lipinski definition) is 1. The van der Waals surface area contributed by atoms with E-state index in [0.29, 0.717) is 0 Å². The van der Waals surface area contributed by atoms with Crippen LogP contribution in [-0.4, -0.2) is 5.48 Å². The van der Waals surface area contributed by atoms with Crippen molar-refractivity contribution >= 4 is 0 Å². The number of hydrogen-bond acceptors (Lipinski definition) is 1. The van der Waals surface area contributed by atoms with Crippen molar-refractivity contribution < 1.29 is 5.48 Å². The van der Waals surface area contributed by atoms with Gasteiger partial charge in [-0.15, -0.1) is 0 Å². The highest BCUT2D eigenvalue weighted by atomic mass is 16.0. The van der Waals surface area contributed by atoms with E-state index in [1.807, 2.05) is 0 Å². The second-order valence-electron chi connectivity index (χ2n) is 7.16. The largest absolute Gasteiger partial charge is 0.412 e. The molecular weight excluding hydrogens is 282 g/mol. The van der Waals surface area contributed by atoms with Crippen molar-refractivity contribution in [3.63, 3.8) is 0 Å². The molecule has 23 heavy (non-hydrogen) atoms. The summed E-state index contributed by atoms with van der Waals surface area (Å²) in [4.78, 5) is 0. The zero-order valence-corrected chi connectivity index (χ0v) is 15.7. The zero-order valence-electron chi connectivity index (χ0n) is 15.7. The minimum atomic E-state index is -0.175. The summed E-state index contributed by atoms with van der Waals surface area (Å²) in [6.07, 6.45) is 14.9. The quantitative estimate of drug-likeness (QED) is 0.496. The topological polar surface area (TPSA) is 57.5 Å². The van der Waals surface area contributed by atoms with Gasteiger partial charge in [-0.05, 0) is 31.4 Å². The molecule has 0 radical (unpaired) electrons. The summed E-state index contributed by atoms with van der Waals surface area (Å²) in [7, 11) is 0. The molecule has 1 rings (SSSR count). The lowest BCUT2D eigenvalue weighted by Crippen LogP contribution is -2.33. The second-order valence-corrected chi connectivity index (χ2v) is 7.16. The van der Waals surface area contributed by atoms with Crippen molar-refractivity contribution in [2.75, 3.05) is 0 Å². The van der Waals surface area contributed by atoms with Crippen LogP contribution in [0.2, 0.25) is 0 Å². The summed E-state index contributed by atoms with van der Waals surface area (Å²) < 4.78 is 0. The first kappa shape index (κ1) is 22.1. The first-order valence-electron chi connectivity index (χ1n) is 9.43. The Morgan fingerprint density at radius 1 is 0.826 bits per heavy atom. The Labute approximate surface area is 144 Å². The molecule has 0 saturated heterocycles. The molecule has 0 amide bonds. The molecule has 1 aromatic rings. The first-order valence-corrected chi connectivity index (χ1v) is 9.43. The van der Waals surface area contributed by atoms with Gasteiger partial charge in [0.1, 0.15) is 0 Å². The average Bonchev–Trinajstić information content (AvgIpc) is 2.49. The summed E-state index contributed by atoms with van der Waals surface area (Å²) in [6, 6.07) is 8.55. The molecule has 0 heterocycles. The van der Waals surface area contributed by atoms with Crippen molar-refractivity contribution in [3.8, 4) is 0 Å². The number of aryl methyl sites for hydroxylation is 1. The lowest BCUT2D eigenvalue weighted by Gasteiger charge is -2.27. The van der Waals surface area contributed by atoms with Crippen molar-refractivity contribution in [2.24, 2.45) is 5.73 Å². The number of benzene rings is 1. The third kappa shape index (κ3) is 9.12. The van der Waals surface area contributed by atoms with Crippen molar-refractivity contribution in [2.45, 2.75) is 96.9 Å². The monoisotopic (exact) mass is 321 g/mol. The molecule has 1 aromatic carbocycles. The first-order chi connectivity index (χ1) is 10.6. The predicted molar refractivity (Wildman–Crippen MR) is 103 cm³/mol. The molecule has 1 unspecified atom stereocenters. The molecule has 0 aromatic heterocycles. The van der Waals surface area contributed by atoms with Gasteiger partial charge in [-0.3, -0.25) is 0 Å². The van der Waals surface area contributed by atoms with Gasteiger partial charge in [-0.2, -0.15) is 0 Å². The SMILES string of the molecule is CCCCCCCCCCCCC(C)(N)c1ccccc1C.O. The van der Waals surface area contributed by atoms with Crippen LogP contribution in [0.3, 0.4) is 0 Å². The van der Waals surface area contributed by atoms with Crippen LogP contribution in [0.25, 0.3) is 0 Å². The number of rotatable bonds is 12. The van der Waals surface area contributed by atoms with E-state index in [1.54, 1.807) is 0 Å². The van der Waals surface area contributed by atoms with Crippen molar-refractivity contribution in [1.82, 2.24) is 0 Å². The van der Waals surface area contributed by atoms with Gasteiger partial charge in [0.05, 0.1) is 0 Å². The fourth-order valence-electron chi connectivity index (χ4n) is 3.33. The third-order valence-electron chi connectivity index (χ3n) is 4.81. The van der Waals surface area contributed by atoms with Crippen molar-refractivity contribution in [1.29, 1.82) is 0 Å². The van der Waals surface area contributed by atoms with E-state index in [-0.39, 0.29) is 11.0 Å². The van der Waals surface area contributed by atoms with Gasteiger partial charge in [-0.25, -0.2) is 0 Å². The van der Waals surface area contributed by atoms with Crippen LogP contribution in [0.5, 0.6) is 0 Å². The molecule has 0 spiro atoms. The molecule has 2 nitrogen and oxygen atoms in total. The van der Waals surface area contributed by atoms with E-state index in [2.05, 4.69) is 45.0 Å². The maximum atomic E-state index is 6.55. The van der Waals surface area contributed by atoms with E-state index >= 15 is 0 Å². The van der Waals surface area contributed by atoms with Gasteiger partial charge in [-0.1, -0.05) is 95.4 Å². The van der Waals surface area contributed by atoms with Crippen LogP contribution in [0.1, 0.15) is 95.6 Å². The van der Waals surface area contributed by atoms with E-state index in [4.69, 9.17) is 5.73 Å². The van der Waals surface area contributed by atoms with Crippen LogP contribution in [-0.2, 0) is 5.54 Å². The van der Waals surface area contributed by atoms with Gasteiger partial charge < -0.3 is 11.2 Å². The van der Waals surface area contributed by atoms with E-state index in [1.165, 1.54) is 75.3 Å². The van der Waals surface area contributed by atoms with E-state index in [9.17, 15) is 0 Å². The molecule has 2 heteroatoms. The van der Waals surface area contributed by atoms with Gasteiger partial charge in [0.2, 0.25) is 0 Å². The highest BCUT2D eigenvalue weighted by molar-refractivity contribution is 5.31. The molecule has 1 atom stereocenters. The van der Waals surface area contributed by atoms with E-state index in [0.717, 1.165) is 6.42 Å². The van der Waals surface area contributed by atoms with Gasteiger partial charge in [0, 0.05) is 5.54 Å². The van der Waals surface area contributed by atoms with E-state index < -0.39 is 0 Å². The Balaban J connectivity index is 0.00000484. The predicted octanol–water partition coefficient (Wildman–Crippen LogP) is 5.66. The fraction of sp³-hybridized carbons (Fsp3) is 0.714. The Hall–Kier alpha value is -0.860.